The van der Waals surface area contributed by atoms with Gasteiger partial charge in [-0.25, -0.2) is 13.1 Å². The SMILES string of the molecule is CC(CCl)CS(=O)(=O)NCC(F)(F)F. The van der Waals surface area contributed by atoms with Gasteiger partial charge in [0, 0.05) is 5.88 Å². The molecule has 0 saturated heterocycles. The molecular weight excluding hydrogens is 243 g/mol. The van der Waals surface area contributed by atoms with Crippen LogP contribution in [0.5, 0.6) is 0 Å². The van der Waals surface area contributed by atoms with E-state index in [9.17, 15) is 21.6 Å². The van der Waals surface area contributed by atoms with Crippen LogP contribution in [0, 0.1) is 5.92 Å². The smallest absolute Gasteiger partial charge is 0.212 e. The Bertz CT molecular complexity index is 265. The predicted molar refractivity (Wildman–Crippen MR) is 47.7 cm³/mol. The van der Waals surface area contributed by atoms with Crippen molar-refractivity contribution in [3.8, 4) is 0 Å². The Morgan fingerprint density at radius 2 is 1.93 bits per heavy atom. The molecule has 0 aromatic heterocycles. The highest BCUT2D eigenvalue weighted by Crippen LogP contribution is 2.13. The summed E-state index contributed by atoms with van der Waals surface area (Å²) in [7, 11) is -3.88. The van der Waals surface area contributed by atoms with Gasteiger partial charge in [-0.1, -0.05) is 6.92 Å². The van der Waals surface area contributed by atoms with E-state index in [1.807, 2.05) is 0 Å². The lowest BCUT2D eigenvalue weighted by Gasteiger charge is -2.11. The highest BCUT2D eigenvalue weighted by molar-refractivity contribution is 7.89. The molecule has 1 atom stereocenters. The first-order valence-corrected chi connectivity index (χ1v) is 5.95. The van der Waals surface area contributed by atoms with Gasteiger partial charge >= 0.3 is 6.18 Å². The van der Waals surface area contributed by atoms with Crippen LogP contribution < -0.4 is 4.72 Å². The molecule has 0 aliphatic rings. The zero-order valence-electron chi connectivity index (χ0n) is 7.44. The Balaban J connectivity index is 4.10. The zero-order valence-corrected chi connectivity index (χ0v) is 9.01. The van der Waals surface area contributed by atoms with E-state index >= 15 is 0 Å². The average Bonchev–Trinajstić information content (AvgIpc) is 1.99. The summed E-state index contributed by atoms with van der Waals surface area (Å²) in [5, 5.41) is 0. The van der Waals surface area contributed by atoms with Crippen LogP contribution in [0.4, 0.5) is 13.2 Å². The first kappa shape index (κ1) is 14.0. The van der Waals surface area contributed by atoms with Crippen molar-refractivity contribution >= 4 is 21.6 Å². The molecule has 0 aromatic carbocycles. The van der Waals surface area contributed by atoms with Crippen LogP contribution in [-0.4, -0.2) is 32.8 Å². The molecule has 0 spiro atoms. The second-order valence-electron chi connectivity index (χ2n) is 2.98. The number of hydrogen-bond donors (Lipinski definition) is 1. The normalized spacial score (nSPS) is 15.5. The Labute approximate surface area is 85.7 Å². The topological polar surface area (TPSA) is 46.2 Å². The molecule has 0 fully saturated rings. The van der Waals surface area contributed by atoms with Gasteiger partial charge in [-0.15, -0.1) is 11.6 Å². The van der Waals surface area contributed by atoms with Crippen molar-refractivity contribution in [3.05, 3.63) is 0 Å². The summed E-state index contributed by atoms with van der Waals surface area (Å²) in [6.45, 7) is 0.00412. The molecule has 0 aromatic rings. The maximum Gasteiger partial charge on any atom is 0.402 e. The van der Waals surface area contributed by atoms with Crippen molar-refractivity contribution < 1.29 is 21.6 Å². The Morgan fingerprint density at radius 1 is 1.43 bits per heavy atom. The molecule has 86 valence electrons. The highest BCUT2D eigenvalue weighted by atomic mass is 35.5. The van der Waals surface area contributed by atoms with Gasteiger partial charge in [0.25, 0.3) is 0 Å². The minimum Gasteiger partial charge on any atom is -0.212 e. The Morgan fingerprint density at radius 3 is 2.29 bits per heavy atom. The molecule has 0 aliphatic heterocycles. The minimum absolute atomic E-state index is 0.0902. The molecule has 1 N–H and O–H groups in total. The lowest BCUT2D eigenvalue weighted by Crippen LogP contribution is -2.36. The molecule has 0 aliphatic carbocycles. The standard InChI is InChI=1S/C6H11ClF3NO2S/c1-5(2-7)3-14(12,13)11-4-6(8,9)10/h5,11H,2-4H2,1H3. The number of alkyl halides is 4. The number of sulfonamides is 1. The summed E-state index contributed by atoms with van der Waals surface area (Å²) in [4.78, 5) is 0. The summed E-state index contributed by atoms with van der Waals surface area (Å²) in [6.07, 6.45) is -4.53. The van der Waals surface area contributed by atoms with Crippen LogP contribution in [-0.2, 0) is 10.0 Å². The molecule has 0 amide bonds. The van der Waals surface area contributed by atoms with E-state index < -0.39 is 28.5 Å². The predicted octanol–water partition coefficient (Wildman–Crippen LogP) is 1.34. The molecule has 0 heterocycles. The second-order valence-corrected chi connectivity index (χ2v) is 5.14. The minimum atomic E-state index is -4.53. The Hall–Kier alpha value is -0.0100. The third-order valence-corrected chi connectivity index (χ3v) is 3.38. The number of halogens is 4. The van der Waals surface area contributed by atoms with Gasteiger partial charge in [-0.2, -0.15) is 13.2 Å². The first-order chi connectivity index (χ1) is 6.16. The third kappa shape index (κ3) is 7.40. The molecule has 1 unspecified atom stereocenters. The molecule has 0 saturated carbocycles. The van der Waals surface area contributed by atoms with Crippen LogP contribution in [0.15, 0.2) is 0 Å². The number of rotatable bonds is 5. The van der Waals surface area contributed by atoms with E-state index in [0.29, 0.717) is 0 Å². The Kier molecular flexibility index (Phi) is 5.17. The van der Waals surface area contributed by atoms with Gasteiger partial charge in [0.2, 0.25) is 10.0 Å². The monoisotopic (exact) mass is 253 g/mol. The summed E-state index contributed by atoms with van der Waals surface area (Å²) in [5.74, 6) is -0.679. The number of nitrogens with one attached hydrogen (secondary N) is 1. The molecule has 0 radical (unpaired) electrons. The fourth-order valence-corrected chi connectivity index (χ4v) is 2.28. The van der Waals surface area contributed by atoms with Crippen molar-refractivity contribution in [2.45, 2.75) is 13.1 Å². The van der Waals surface area contributed by atoms with Crippen molar-refractivity contribution in [1.82, 2.24) is 4.72 Å². The van der Waals surface area contributed by atoms with Crippen molar-refractivity contribution in [2.24, 2.45) is 5.92 Å². The summed E-state index contributed by atoms with van der Waals surface area (Å²) < 4.78 is 58.4. The van der Waals surface area contributed by atoms with Gasteiger partial charge in [-0.05, 0) is 5.92 Å². The summed E-state index contributed by atoms with van der Waals surface area (Å²) >= 11 is 5.33. The van der Waals surface area contributed by atoms with Gasteiger partial charge in [0.1, 0.15) is 6.54 Å². The van der Waals surface area contributed by atoms with E-state index in [1.165, 1.54) is 4.72 Å². The zero-order chi connectivity index (χ0) is 11.4. The maximum atomic E-state index is 11.7. The van der Waals surface area contributed by atoms with E-state index in [0.717, 1.165) is 0 Å². The van der Waals surface area contributed by atoms with Crippen LogP contribution in [0.1, 0.15) is 6.92 Å². The van der Waals surface area contributed by atoms with Crippen LogP contribution >= 0.6 is 11.6 Å². The molecule has 3 nitrogen and oxygen atoms in total. The van der Waals surface area contributed by atoms with Gasteiger partial charge in [-0.3, -0.25) is 0 Å². The lowest BCUT2D eigenvalue weighted by atomic mass is 10.3. The molecule has 14 heavy (non-hydrogen) atoms. The van der Waals surface area contributed by atoms with E-state index in [-0.39, 0.29) is 11.8 Å². The molecule has 0 rings (SSSR count). The van der Waals surface area contributed by atoms with Crippen molar-refractivity contribution in [1.29, 1.82) is 0 Å². The van der Waals surface area contributed by atoms with Crippen molar-refractivity contribution in [3.63, 3.8) is 0 Å². The van der Waals surface area contributed by atoms with Crippen LogP contribution in [0.2, 0.25) is 0 Å². The highest BCUT2D eigenvalue weighted by Gasteiger charge is 2.29. The average molecular weight is 254 g/mol. The lowest BCUT2D eigenvalue weighted by molar-refractivity contribution is -0.121. The van der Waals surface area contributed by atoms with Gasteiger partial charge in [0.05, 0.1) is 5.75 Å². The molecular formula is C6H11ClF3NO2S. The quantitative estimate of drug-likeness (QED) is 0.752. The van der Waals surface area contributed by atoms with Gasteiger partial charge < -0.3 is 0 Å². The second kappa shape index (κ2) is 5.18. The van der Waals surface area contributed by atoms with Crippen molar-refractivity contribution in [2.75, 3.05) is 18.2 Å². The molecule has 8 heteroatoms. The van der Waals surface area contributed by atoms with E-state index in [1.54, 1.807) is 6.92 Å². The maximum absolute atomic E-state index is 11.7. The van der Waals surface area contributed by atoms with E-state index in [4.69, 9.17) is 11.6 Å². The first-order valence-electron chi connectivity index (χ1n) is 3.76. The third-order valence-electron chi connectivity index (χ3n) is 1.26. The summed E-state index contributed by atoms with van der Waals surface area (Å²) in [6, 6.07) is 0. The van der Waals surface area contributed by atoms with E-state index in [2.05, 4.69) is 0 Å². The summed E-state index contributed by atoms with van der Waals surface area (Å²) in [5.41, 5.74) is 0. The molecule has 0 bridgehead atoms. The van der Waals surface area contributed by atoms with Crippen LogP contribution in [0.3, 0.4) is 0 Å². The largest absolute Gasteiger partial charge is 0.402 e. The fourth-order valence-electron chi connectivity index (χ4n) is 0.670. The number of hydrogen-bond acceptors (Lipinski definition) is 2. The van der Waals surface area contributed by atoms with Gasteiger partial charge in [0.15, 0.2) is 0 Å². The fraction of sp³-hybridized carbons (Fsp3) is 1.00. The van der Waals surface area contributed by atoms with Crippen LogP contribution in [0.25, 0.3) is 0 Å².